The summed E-state index contributed by atoms with van der Waals surface area (Å²) in [6.45, 7) is 11.8. The van der Waals surface area contributed by atoms with Gasteiger partial charge in [-0.25, -0.2) is 13.2 Å². The predicted octanol–water partition coefficient (Wildman–Crippen LogP) is 3.72. The predicted molar refractivity (Wildman–Crippen MR) is 129 cm³/mol. The van der Waals surface area contributed by atoms with Gasteiger partial charge in [-0.1, -0.05) is 0 Å². The molecule has 0 N–H and O–H groups in total. The minimum Gasteiger partial charge on any atom is -0.444 e. The van der Waals surface area contributed by atoms with Crippen LogP contribution in [0.2, 0.25) is 0 Å². The first-order valence-corrected chi connectivity index (χ1v) is 13.4. The normalized spacial score (nSPS) is 20.7. The number of rotatable bonds is 5. The molecule has 2 saturated heterocycles. The third-order valence-corrected chi connectivity index (χ3v) is 7.88. The van der Waals surface area contributed by atoms with Crippen LogP contribution >= 0.6 is 0 Å². The Balaban J connectivity index is 1.64. The first kappa shape index (κ1) is 25.3. The maximum absolute atomic E-state index is 13.1. The topological polar surface area (TPSA) is 87.2 Å². The zero-order valence-electron chi connectivity index (χ0n) is 20.4. The fraction of sp³-hybridized carbons (Fsp3) is 0.667. The molecule has 3 rings (SSSR count). The Labute approximate surface area is 197 Å². The van der Waals surface area contributed by atoms with Crippen molar-refractivity contribution < 1.29 is 22.7 Å². The van der Waals surface area contributed by atoms with Crippen LogP contribution in [0, 0.1) is 5.92 Å². The maximum atomic E-state index is 13.1. The summed E-state index contributed by atoms with van der Waals surface area (Å²) in [4.78, 5) is 29.4. The van der Waals surface area contributed by atoms with Crippen LogP contribution in [0.5, 0.6) is 0 Å². The fourth-order valence-electron chi connectivity index (χ4n) is 4.38. The fourth-order valence-corrected chi connectivity index (χ4v) is 5.94. The summed E-state index contributed by atoms with van der Waals surface area (Å²) in [5.41, 5.74) is 0.591. The molecule has 1 unspecified atom stereocenters. The number of carbonyl (C=O) groups excluding carboxylic acids is 2. The number of amides is 2. The molecule has 1 aromatic rings. The quantitative estimate of drug-likeness (QED) is 0.642. The van der Waals surface area contributed by atoms with E-state index in [-0.39, 0.29) is 29.7 Å². The second-order valence-corrected chi connectivity index (χ2v) is 12.3. The van der Waals surface area contributed by atoms with Gasteiger partial charge in [0.1, 0.15) is 5.60 Å². The molecule has 2 aliphatic rings. The van der Waals surface area contributed by atoms with Crippen LogP contribution in [-0.2, 0) is 14.8 Å². The van der Waals surface area contributed by atoms with Crippen molar-refractivity contribution in [3.05, 3.63) is 29.8 Å². The molecule has 1 atom stereocenters. The first-order valence-electron chi connectivity index (χ1n) is 11.8. The third kappa shape index (κ3) is 6.40. The van der Waals surface area contributed by atoms with Gasteiger partial charge in [-0.3, -0.25) is 9.10 Å². The number of sulfonamides is 1. The molecule has 9 heteroatoms. The largest absolute Gasteiger partial charge is 0.444 e. The second-order valence-electron chi connectivity index (χ2n) is 10.3. The molecule has 0 aliphatic carbocycles. The highest BCUT2D eigenvalue weighted by Gasteiger charge is 2.31. The van der Waals surface area contributed by atoms with E-state index in [0.29, 0.717) is 43.9 Å². The molecule has 2 heterocycles. The Hall–Kier alpha value is -2.29. The van der Waals surface area contributed by atoms with Crippen LogP contribution < -0.4 is 4.31 Å². The summed E-state index contributed by atoms with van der Waals surface area (Å²) in [6, 6.07) is 6.83. The minimum absolute atomic E-state index is 0.000313. The van der Waals surface area contributed by atoms with Crippen LogP contribution in [0.4, 0.5) is 10.5 Å². The molecule has 0 radical (unpaired) electrons. The standard InChI is InChI=1S/C24H37N3O5S/c1-18(2)26(23(29)32-24(3,4)5)17-19-8-6-13-25(16-19)22(28)20-9-11-21(12-10-20)27-14-7-15-33(27,30)31/h9-12,18-19H,6-8,13-17H2,1-5H3. The maximum Gasteiger partial charge on any atom is 0.410 e. The van der Waals surface area contributed by atoms with Crippen LogP contribution in [-0.4, -0.2) is 73.8 Å². The lowest BCUT2D eigenvalue weighted by Gasteiger charge is -2.37. The van der Waals surface area contributed by atoms with E-state index in [1.807, 2.05) is 39.5 Å². The molecule has 0 aromatic heterocycles. The average molecular weight is 480 g/mol. The Bertz CT molecular complexity index is 953. The zero-order valence-corrected chi connectivity index (χ0v) is 21.2. The minimum atomic E-state index is -3.24. The van der Waals surface area contributed by atoms with Gasteiger partial charge in [-0.15, -0.1) is 0 Å². The van der Waals surface area contributed by atoms with Crippen molar-refractivity contribution in [2.24, 2.45) is 5.92 Å². The summed E-state index contributed by atoms with van der Waals surface area (Å²) in [7, 11) is -3.24. The number of carbonyl (C=O) groups is 2. The van der Waals surface area contributed by atoms with Gasteiger partial charge in [0, 0.05) is 37.8 Å². The highest BCUT2D eigenvalue weighted by Crippen LogP contribution is 2.26. The summed E-state index contributed by atoms with van der Waals surface area (Å²) in [5.74, 6) is 0.273. The molecule has 184 valence electrons. The van der Waals surface area contributed by atoms with E-state index in [1.165, 1.54) is 4.31 Å². The lowest BCUT2D eigenvalue weighted by atomic mass is 9.96. The van der Waals surface area contributed by atoms with Gasteiger partial charge in [0.05, 0.1) is 11.4 Å². The SMILES string of the molecule is CC(C)N(CC1CCCN(C(=O)c2ccc(N3CCCS3(=O)=O)cc2)C1)C(=O)OC(C)(C)C. The monoisotopic (exact) mass is 479 g/mol. The van der Waals surface area contributed by atoms with Crippen LogP contribution in [0.25, 0.3) is 0 Å². The first-order chi connectivity index (χ1) is 15.4. The van der Waals surface area contributed by atoms with Gasteiger partial charge in [-0.2, -0.15) is 0 Å². The van der Waals surface area contributed by atoms with Crippen molar-refractivity contribution in [2.75, 3.05) is 36.2 Å². The third-order valence-electron chi connectivity index (χ3n) is 6.01. The highest BCUT2D eigenvalue weighted by molar-refractivity contribution is 7.93. The Morgan fingerprint density at radius 1 is 1.12 bits per heavy atom. The van der Waals surface area contributed by atoms with E-state index in [4.69, 9.17) is 4.74 Å². The van der Waals surface area contributed by atoms with E-state index in [1.54, 1.807) is 29.2 Å². The van der Waals surface area contributed by atoms with Crippen molar-refractivity contribution in [3.63, 3.8) is 0 Å². The van der Waals surface area contributed by atoms with Crippen LogP contribution in [0.15, 0.2) is 24.3 Å². The van der Waals surface area contributed by atoms with E-state index >= 15 is 0 Å². The molecular weight excluding hydrogens is 442 g/mol. The molecule has 2 amide bonds. The van der Waals surface area contributed by atoms with Crippen molar-refractivity contribution in [3.8, 4) is 0 Å². The Morgan fingerprint density at radius 2 is 1.79 bits per heavy atom. The Morgan fingerprint density at radius 3 is 2.33 bits per heavy atom. The molecule has 2 fully saturated rings. The molecule has 33 heavy (non-hydrogen) atoms. The van der Waals surface area contributed by atoms with Crippen LogP contribution in [0.1, 0.15) is 64.2 Å². The number of benzene rings is 1. The number of nitrogens with zero attached hydrogens (tertiary/aromatic N) is 3. The summed E-state index contributed by atoms with van der Waals surface area (Å²) < 4.78 is 31.3. The molecule has 0 spiro atoms. The molecular formula is C24H37N3O5S. The second kappa shape index (κ2) is 9.91. The smallest absolute Gasteiger partial charge is 0.410 e. The highest BCUT2D eigenvalue weighted by atomic mass is 32.2. The Kier molecular flexibility index (Phi) is 7.61. The van der Waals surface area contributed by atoms with E-state index in [2.05, 4.69) is 0 Å². The van der Waals surface area contributed by atoms with Gasteiger partial charge in [-0.05, 0) is 84.1 Å². The van der Waals surface area contributed by atoms with Gasteiger partial charge < -0.3 is 14.5 Å². The lowest BCUT2D eigenvalue weighted by molar-refractivity contribution is 0.0124. The molecule has 2 aliphatic heterocycles. The van der Waals surface area contributed by atoms with E-state index in [0.717, 1.165) is 12.8 Å². The van der Waals surface area contributed by atoms with Crippen molar-refractivity contribution in [1.29, 1.82) is 0 Å². The number of anilines is 1. The number of ether oxygens (including phenoxy) is 1. The molecule has 0 saturated carbocycles. The summed E-state index contributed by atoms with van der Waals surface area (Å²) >= 11 is 0. The summed E-state index contributed by atoms with van der Waals surface area (Å²) in [5, 5.41) is 0. The van der Waals surface area contributed by atoms with Crippen LogP contribution in [0.3, 0.4) is 0 Å². The number of hydrogen-bond donors (Lipinski definition) is 0. The molecule has 1 aromatic carbocycles. The zero-order chi connectivity index (χ0) is 24.4. The van der Waals surface area contributed by atoms with Crippen molar-refractivity contribution in [2.45, 2.75) is 65.5 Å². The number of likely N-dealkylation sites (tertiary alicyclic amines) is 1. The summed E-state index contributed by atoms with van der Waals surface area (Å²) in [6.07, 6.45) is 2.12. The number of piperidine rings is 1. The van der Waals surface area contributed by atoms with Crippen molar-refractivity contribution in [1.82, 2.24) is 9.80 Å². The van der Waals surface area contributed by atoms with Crippen molar-refractivity contribution >= 4 is 27.7 Å². The van der Waals surface area contributed by atoms with E-state index < -0.39 is 15.6 Å². The average Bonchev–Trinajstić information content (AvgIpc) is 3.09. The van der Waals surface area contributed by atoms with E-state index in [9.17, 15) is 18.0 Å². The van der Waals surface area contributed by atoms with Gasteiger partial charge in [0.15, 0.2) is 0 Å². The van der Waals surface area contributed by atoms with Gasteiger partial charge >= 0.3 is 6.09 Å². The van der Waals surface area contributed by atoms with Gasteiger partial charge in [0.25, 0.3) is 5.91 Å². The molecule has 8 nitrogen and oxygen atoms in total. The molecule has 0 bridgehead atoms. The number of hydrogen-bond acceptors (Lipinski definition) is 5. The van der Waals surface area contributed by atoms with Gasteiger partial charge in [0.2, 0.25) is 10.0 Å². The lowest BCUT2D eigenvalue weighted by Crippen LogP contribution is -2.48.